The van der Waals surface area contributed by atoms with Crippen molar-refractivity contribution in [1.82, 2.24) is 15.1 Å². The van der Waals surface area contributed by atoms with Gasteiger partial charge in [-0.1, -0.05) is 12.1 Å². The predicted molar refractivity (Wildman–Crippen MR) is 97.7 cm³/mol. The summed E-state index contributed by atoms with van der Waals surface area (Å²) in [4.78, 5) is 26.2. The summed E-state index contributed by atoms with van der Waals surface area (Å²) in [7, 11) is 1.56. The Morgan fingerprint density at radius 3 is 2.82 bits per heavy atom. The lowest BCUT2D eigenvalue weighted by Gasteiger charge is -2.33. The number of carbonyl (C=O) groups is 1. The average molecular weight is 394 g/mol. The van der Waals surface area contributed by atoms with Crippen molar-refractivity contribution in [3.63, 3.8) is 0 Å². The van der Waals surface area contributed by atoms with Gasteiger partial charge in [0, 0.05) is 32.7 Å². The molecule has 2 aromatic rings. The highest BCUT2D eigenvalue weighted by molar-refractivity contribution is 5.79. The molecule has 0 saturated carbocycles. The zero-order valence-electron chi connectivity index (χ0n) is 15.4. The van der Waals surface area contributed by atoms with Gasteiger partial charge in [0.25, 0.3) is 5.56 Å². The highest BCUT2D eigenvalue weighted by atomic mass is 19.4. The first-order valence-corrected chi connectivity index (χ1v) is 8.96. The third-order valence-corrected chi connectivity index (χ3v) is 4.83. The minimum atomic E-state index is -4.41. The Hall–Kier alpha value is -2.84. The highest BCUT2D eigenvalue weighted by Gasteiger charge is 2.30. The molecule has 0 radical (unpaired) electrons. The first-order chi connectivity index (χ1) is 13.2. The molecule has 1 saturated heterocycles. The van der Waals surface area contributed by atoms with Gasteiger partial charge in [-0.3, -0.25) is 9.59 Å². The number of alkyl halides is 3. The maximum atomic E-state index is 12.8. The second kappa shape index (κ2) is 8.04. The maximum absolute atomic E-state index is 12.8. The Balaban J connectivity index is 1.61. The Morgan fingerprint density at radius 2 is 2.11 bits per heavy atom. The monoisotopic (exact) mass is 394 g/mol. The van der Waals surface area contributed by atoms with E-state index in [1.807, 2.05) is 4.90 Å². The van der Waals surface area contributed by atoms with Crippen LogP contribution in [0.15, 0.2) is 41.3 Å². The van der Waals surface area contributed by atoms with E-state index in [0.717, 1.165) is 18.6 Å². The Bertz CT molecular complexity index is 911. The normalized spacial score (nSPS) is 17.4. The van der Waals surface area contributed by atoms with E-state index in [-0.39, 0.29) is 23.9 Å². The number of nitrogens with one attached hydrogen (secondary N) is 1. The van der Waals surface area contributed by atoms with E-state index in [0.29, 0.717) is 30.8 Å². The van der Waals surface area contributed by atoms with Crippen molar-refractivity contribution in [2.45, 2.75) is 25.6 Å². The molecule has 28 heavy (non-hydrogen) atoms. The van der Waals surface area contributed by atoms with Crippen molar-refractivity contribution in [2.24, 2.45) is 13.0 Å². The number of anilines is 1. The van der Waals surface area contributed by atoms with E-state index in [2.05, 4.69) is 10.4 Å². The first kappa shape index (κ1) is 19.9. The number of hydrogen-bond donors (Lipinski definition) is 1. The van der Waals surface area contributed by atoms with Gasteiger partial charge in [0.15, 0.2) is 0 Å². The Labute approximate surface area is 160 Å². The average Bonchev–Trinajstić information content (AvgIpc) is 2.68. The minimum Gasteiger partial charge on any atom is -0.369 e. The van der Waals surface area contributed by atoms with Gasteiger partial charge in [0.1, 0.15) is 0 Å². The fraction of sp³-hybridized carbons (Fsp3) is 0.421. The van der Waals surface area contributed by atoms with Gasteiger partial charge in [-0.2, -0.15) is 18.3 Å². The standard InChI is InChI=1S/C19H21F3N4O2/c1-25-17(27)9-16(11-24-25)26-7-3-5-14(12-26)18(28)23-10-13-4-2-6-15(8-13)19(20,21)22/h2,4,6,8-9,11,14H,3,5,7,10,12H2,1H3,(H,23,28). The molecule has 1 aliphatic rings. The summed E-state index contributed by atoms with van der Waals surface area (Å²) >= 11 is 0. The molecule has 0 spiro atoms. The van der Waals surface area contributed by atoms with Crippen molar-refractivity contribution in [3.05, 3.63) is 58.0 Å². The number of halogens is 3. The maximum Gasteiger partial charge on any atom is 0.416 e. The lowest BCUT2D eigenvalue weighted by Crippen LogP contribution is -2.43. The van der Waals surface area contributed by atoms with Gasteiger partial charge >= 0.3 is 6.18 Å². The van der Waals surface area contributed by atoms with Crippen LogP contribution < -0.4 is 15.8 Å². The molecule has 2 heterocycles. The molecular weight excluding hydrogens is 373 g/mol. The van der Waals surface area contributed by atoms with Crippen LogP contribution >= 0.6 is 0 Å². The number of amides is 1. The van der Waals surface area contributed by atoms with E-state index < -0.39 is 11.7 Å². The van der Waals surface area contributed by atoms with Crippen molar-refractivity contribution in [3.8, 4) is 0 Å². The van der Waals surface area contributed by atoms with Crippen LogP contribution in [0.25, 0.3) is 0 Å². The molecule has 1 N–H and O–H groups in total. The molecule has 3 rings (SSSR count). The summed E-state index contributed by atoms with van der Waals surface area (Å²) in [5.41, 5.74) is 0.0972. The van der Waals surface area contributed by atoms with Crippen LogP contribution in [0, 0.1) is 5.92 Å². The highest BCUT2D eigenvalue weighted by Crippen LogP contribution is 2.29. The second-order valence-electron chi connectivity index (χ2n) is 6.88. The fourth-order valence-corrected chi connectivity index (χ4v) is 3.25. The SMILES string of the molecule is Cn1ncc(N2CCCC(C(=O)NCc3cccc(C(F)(F)F)c3)C2)cc1=O. The largest absolute Gasteiger partial charge is 0.416 e. The minimum absolute atomic E-state index is 0.0344. The fourth-order valence-electron chi connectivity index (χ4n) is 3.25. The van der Waals surface area contributed by atoms with E-state index in [1.165, 1.54) is 16.8 Å². The molecule has 1 atom stereocenters. The quantitative estimate of drug-likeness (QED) is 0.865. The van der Waals surface area contributed by atoms with E-state index in [1.54, 1.807) is 19.3 Å². The molecule has 150 valence electrons. The van der Waals surface area contributed by atoms with Gasteiger partial charge in [-0.15, -0.1) is 0 Å². The molecule has 1 fully saturated rings. The smallest absolute Gasteiger partial charge is 0.369 e. The number of piperidine rings is 1. The van der Waals surface area contributed by atoms with Crippen molar-refractivity contribution in [2.75, 3.05) is 18.0 Å². The molecule has 1 amide bonds. The number of aromatic nitrogens is 2. The number of benzene rings is 1. The molecule has 9 heteroatoms. The van der Waals surface area contributed by atoms with Crippen LogP contribution in [0.5, 0.6) is 0 Å². The number of carbonyl (C=O) groups excluding carboxylic acids is 1. The lowest BCUT2D eigenvalue weighted by atomic mass is 9.96. The van der Waals surface area contributed by atoms with Crippen molar-refractivity contribution >= 4 is 11.6 Å². The van der Waals surface area contributed by atoms with Crippen molar-refractivity contribution in [1.29, 1.82) is 0 Å². The van der Waals surface area contributed by atoms with Gasteiger partial charge in [0.05, 0.1) is 23.4 Å². The van der Waals surface area contributed by atoms with Gasteiger partial charge in [-0.25, -0.2) is 4.68 Å². The van der Waals surface area contributed by atoms with Crippen molar-refractivity contribution < 1.29 is 18.0 Å². The number of nitrogens with zero attached hydrogens (tertiary/aromatic N) is 3. The van der Waals surface area contributed by atoms with E-state index in [9.17, 15) is 22.8 Å². The molecule has 0 bridgehead atoms. The first-order valence-electron chi connectivity index (χ1n) is 8.96. The van der Waals surface area contributed by atoms with Crippen LogP contribution in [0.3, 0.4) is 0 Å². The molecule has 1 aliphatic heterocycles. The van der Waals surface area contributed by atoms with Crippen LogP contribution in [0.1, 0.15) is 24.0 Å². The number of hydrogen-bond acceptors (Lipinski definition) is 4. The summed E-state index contributed by atoms with van der Waals surface area (Å²) in [5.74, 6) is -0.512. The number of aryl methyl sites for hydroxylation is 1. The summed E-state index contributed by atoms with van der Waals surface area (Å²) in [5, 5.41) is 6.72. The van der Waals surface area contributed by atoms with Crippen LogP contribution in [-0.2, 0) is 24.6 Å². The zero-order chi connectivity index (χ0) is 20.3. The lowest BCUT2D eigenvalue weighted by molar-refractivity contribution is -0.137. The summed E-state index contributed by atoms with van der Waals surface area (Å²) in [6, 6.07) is 6.40. The van der Waals surface area contributed by atoms with E-state index in [4.69, 9.17) is 0 Å². The summed E-state index contributed by atoms with van der Waals surface area (Å²) in [6.45, 7) is 1.18. The molecule has 1 aromatic carbocycles. The predicted octanol–water partition coefficient (Wildman–Crippen LogP) is 2.33. The molecule has 1 unspecified atom stereocenters. The zero-order valence-corrected chi connectivity index (χ0v) is 15.4. The van der Waals surface area contributed by atoms with Crippen LogP contribution in [-0.4, -0.2) is 28.8 Å². The van der Waals surface area contributed by atoms with E-state index >= 15 is 0 Å². The van der Waals surface area contributed by atoms with Crippen LogP contribution in [0.2, 0.25) is 0 Å². The van der Waals surface area contributed by atoms with Gasteiger partial charge in [0.2, 0.25) is 5.91 Å². The topological polar surface area (TPSA) is 67.2 Å². The number of rotatable bonds is 4. The Morgan fingerprint density at radius 1 is 1.32 bits per heavy atom. The van der Waals surface area contributed by atoms with Crippen LogP contribution in [0.4, 0.5) is 18.9 Å². The molecule has 1 aromatic heterocycles. The van der Waals surface area contributed by atoms with Gasteiger partial charge < -0.3 is 10.2 Å². The second-order valence-corrected chi connectivity index (χ2v) is 6.88. The van der Waals surface area contributed by atoms with Gasteiger partial charge in [-0.05, 0) is 30.5 Å². The molecule has 6 nitrogen and oxygen atoms in total. The third kappa shape index (κ3) is 4.71. The molecular formula is C19H21F3N4O2. The third-order valence-electron chi connectivity index (χ3n) is 4.83. The summed E-state index contributed by atoms with van der Waals surface area (Å²) in [6.07, 6.45) is -1.37. The Kier molecular flexibility index (Phi) is 5.71. The summed E-state index contributed by atoms with van der Waals surface area (Å²) < 4.78 is 39.6. The molecule has 0 aliphatic carbocycles.